The molecule has 31 heavy (non-hydrogen) atoms. The van der Waals surface area contributed by atoms with Crippen molar-refractivity contribution in [2.75, 3.05) is 44.5 Å². The van der Waals surface area contributed by atoms with Gasteiger partial charge in [0.15, 0.2) is 6.10 Å². The highest BCUT2D eigenvalue weighted by molar-refractivity contribution is 7.11. The van der Waals surface area contributed by atoms with E-state index in [9.17, 15) is 9.59 Å². The van der Waals surface area contributed by atoms with E-state index in [0.717, 1.165) is 21.1 Å². The minimum Gasteiger partial charge on any atom is -0.479 e. The molecule has 0 saturated carbocycles. The van der Waals surface area contributed by atoms with Gasteiger partial charge in [0.05, 0.1) is 36.2 Å². The summed E-state index contributed by atoms with van der Waals surface area (Å²) in [5.41, 5.74) is 2.27. The van der Waals surface area contributed by atoms with Crippen LogP contribution in [0.15, 0.2) is 18.2 Å². The van der Waals surface area contributed by atoms with Gasteiger partial charge >= 0.3 is 5.97 Å². The van der Waals surface area contributed by atoms with Crippen LogP contribution in [0.5, 0.6) is 5.75 Å². The number of amides is 1. The van der Waals surface area contributed by atoms with Gasteiger partial charge in [-0.1, -0.05) is 0 Å². The Morgan fingerprint density at radius 3 is 2.65 bits per heavy atom. The number of aryl methyl sites for hydroxylation is 2. The van der Waals surface area contributed by atoms with Gasteiger partial charge in [0, 0.05) is 17.0 Å². The molecule has 2 aromatic rings. The number of esters is 1. The highest BCUT2D eigenvalue weighted by Crippen LogP contribution is 2.38. The van der Waals surface area contributed by atoms with Crippen molar-refractivity contribution in [3.8, 4) is 17.0 Å². The highest BCUT2D eigenvalue weighted by atomic mass is 32.1. The van der Waals surface area contributed by atoms with Gasteiger partial charge in [0.1, 0.15) is 18.9 Å². The lowest BCUT2D eigenvalue weighted by atomic mass is 10.1. The minimum atomic E-state index is -0.684. The molecular weight excluding hydrogens is 420 g/mol. The second-order valence-electron chi connectivity index (χ2n) is 7.03. The van der Waals surface area contributed by atoms with Crippen molar-refractivity contribution >= 4 is 28.9 Å². The number of anilines is 1. The topological polar surface area (TPSA) is 87.2 Å². The zero-order valence-electron chi connectivity index (χ0n) is 18.3. The SMILES string of the molecule is CCOCCOCCOC(=O)CN1C(=O)C(C)Oc2ccc(-c3nc(C)sc3C)cc21. The smallest absolute Gasteiger partial charge is 0.326 e. The summed E-state index contributed by atoms with van der Waals surface area (Å²) in [4.78, 5) is 32.2. The van der Waals surface area contributed by atoms with Gasteiger partial charge < -0.3 is 18.9 Å². The molecule has 1 atom stereocenters. The van der Waals surface area contributed by atoms with E-state index in [1.165, 1.54) is 4.90 Å². The molecule has 1 amide bonds. The molecule has 0 fully saturated rings. The van der Waals surface area contributed by atoms with E-state index < -0.39 is 12.1 Å². The fraction of sp³-hybridized carbons (Fsp3) is 0.500. The molecule has 168 valence electrons. The number of carbonyl (C=O) groups is 2. The maximum absolute atomic E-state index is 12.8. The predicted molar refractivity (Wildman–Crippen MR) is 118 cm³/mol. The second kappa shape index (κ2) is 10.7. The second-order valence-corrected chi connectivity index (χ2v) is 8.44. The van der Waals surface area contributed by atoms with Gasteiger partial charge in [-0.2, -0.15) is 0 Å². The summed E-state index contributed by atoms with van der Waals surface area (Å²) < 4.78 is 21.5. The molecule has 9 heteroatoms. The molecule has 0 spiro atoms. The molecule has 0 bridgehead atoms. The standard InChI is InChI=1S/C22H28N2O6S/c1-5-27-8-9-28-10-11-29-20(25)13-24-18-12-17(21-15(3)31-16(4)23-21)6-7-19(18)30-14(2)22(24)26/h6-7,12,14H,5,8-11,13H2,1-4H3. The van der Waals surface area contributed by atoms with Crippen molar-refractivity contribution in [3.05, 3.63) is 28.1 Å². The summed E-state index contributed by atoms with van der Waals surface area (Å²) in [5, 5.41) is 0.968. The normalized spacial score (nSPS) is 15.5. The number of fused-ring (bicyclic) bond motifs is 1. The van der Waals surface area contributed by atoms with Crippen LogP contribution < -0.4 is 9.64 Å². The maximum atomic E-state index is 12.8. The van der Waals surface area contributed by atoms with Crippen LogP contribution in [0, 0.1) is 13.8 Å². The monoisotopic (exact) mass is 448 g/mol. The molecule has 2 heterocycles. The zero-order valence-corrected chi connectivity index (χ0v) is 19.1. The number of nitrogens with zero attached hydrogens (tertiary/aromatic N) is 2. The predicted octanol–water partition coefficient (Wildman–Crippen LogP) is 3.14. The molecule has 3 rings (SSSR count). The third-order valence-corrected chi connectivity index (χ3v) is 5.58. The van der Waals surface area contributed by atoms with E-state index in [0.29, 0.717) is 31.3 Å². The van der Waals surface area contributed by atoms with E-state index in [1.807, 2.05) is 39.0 Å². The lowest BCUT2D eigenvalue weighted by Gasteiger charge is -2.32. The van der Waals surface area contributed by atoms with Crippen LogP contribution in [0.4, 0.5) is 5.69 Å². The first-order chi connectivity index (χ1) is 14.9. The summed E-state index contributed by atoms with van der Waals surface area (Å²) in [6.45, 7) is 9.31. The zero-order chi connectivity index (χ0) is 22.4. The van der Waals surface area contributed by atoms with E-state index in [1.54, 1.807) is 18.3 Å². The van der Waals surface area contributed by atoms with Gasteiger partial charge in [-0.25, -0.2) is 4.98 Å². The lowest BCUT2D eigenvalue weighted by molar-refractivity contribution is -0.145. The molecule has 8 nitrogen and oxygen atoms in total. The Kier molecular flexibility index (Phi) is 8.00. The first-order valence-corrected chi connectivity index (χ1v) is 11.1. The Bertz CT molecular complexity index is 929. The van der Waals surface area contributed by atoms with Crippen LogP contribution in [0.2, 0.25) is 0 Å². The molecule has 1 aliphatic heterocycles. The molecule has 1 aromatic carbocycles. The number of carbonyl (C=O) groups excluding carboxylic acids is 2. The Hall–Kier alpha value is -2.49. The first kappa shape index (κ1) is 23.2. The number of hydrogen-bond donors (Lipinski definition) is 0. The third kappa shape index (κ3) is 5.81. The summed E-state index contributed by atoms with van der Waals surface area (Å²) in [7, 11) is 0. The fourth-order valence-electron chi connectivity index (χ4n) is 3.27. The maximum Gasteiger partial charge on any atom is 0.326 e. The average Bonchev–Trinajstić information content (AvgIpc) is 3.08. The molecular formula is C22H28N2O6S. The molecule has 0 radical (unpaired) electrons. The molecule has 0 saturated heterocycles. The molecule has 1 unspecified atom stereocenters. The van der Waals surface area contributed by atoms with Crippen LogP contribution in [0.3, 0.4) is 0 Å². The first-order valence-electron chi connectivity index (χ1n) is 10.3. The third-order valence-electron chi connectivity index (χ3n) is 4.70. The summed E-state index contributed by atoms with van der Waals surface area (Å²) >= 11 is 1.61. The number of rotatable bonds is 10. The Morgan fingerprint density at radius 1 is 1.19 bits per heavy atom. The number of hydrogen-bond acceptors (Lipinski definition) is 8. The largest absolute Gasteiger partial charge is 0.479 e. The van der Waals surface area contributed by atoms with Crippen LogP contribution in [-0.4, -0.2) is 62.5 Å². The van der Waals surface area contributed by atoms with Crippen molar-refractivity contribution in [1.82, 2.24) is 4.98 Å². The van der Waals surface area contributed by atoms with Crippen molar-refractivity contribution in [3.63, 3.8) is 0 Å². The van der Waals surface area contributed by atoms with Crippen molar-refractivity contribution in [2.45, 2.75) is 33.8 Å². The van der Waals surface area contributed by atoms with Crippen molar-refractivity contribution < 1.29 is 28.5 Å². The molecule has 0 aliphatic carbocycles. The van der Waals surface area contributed by atoms with E-state index >= 15 is 0 Å². The number of ether oxygens (including phenoxy) is 4. The average molecular weight is 449 g/mol. The van der Waals surface area contributed by atoms with Crippen LogP contribution in [0.25, 0.3) is 11.3 Å². The van der Waals surface area contributed by atoms with E-state index in [-0.39, 0.29) is 25.7 Å². The van der Waals surface area contributed by atoms with Crippen LogP contribution >= 0.6 is 11.3 Å². The van der Waals surface area contributed by atoms with Crippen LogP contribution in [-0.2, 0) is 23.8 Å². The highest BCUT2D eigenvalue weighted by Gasteiger charge is 2.33. The van der Waals surface area contributed by atoms with E-state index in [2.05, 4.69) is 4.98 Å². The van der Waals surface area contributed by atoms with Gasteiger partial charge in [0.2, 0.25) is 0 Å². The minimum absolute atomic E-state index is 0.114. The molecule has 1 aromatic heterocycles. The van der Waals surface area contributed by atoms with Crippen molar-refractivity contribution in [1.29, 1.82) is 0 Å². The summed E-state index contributed by atoms with van der Waals surface area (Å²) in [5.74, 6) is -0.249. The quantitative estimate of drug-likeness (QED) is 0.408. The Labute approximate surface area is 186 Å². The molecule has 0 N–H and O–H groups in total. The van der Waals surface area contributed by atoms with Crippen LogP contribution in [0.1, 0.15) is 23.7 Å². The number of aromatic nitrogens is 1. The van der Waals surface area contributed by atoms with E-state index in [4.69, 9.17) is 18.9 Å². The fourth-order valence-corrected chi connectivity index (χ4v) is 4.11. The van der Waals surface area contributed by atoms with Crippen molar-refractivity contribution in [2.24, 2.45) is 0 Å². The molecule has 1 aliphatic rings. The lowest BCUT2D eigenvalue weighted by Crippen LogP contribution is -2.47. The Morgan fingerprint density at radius 2 is 1.94 bits per heavy atom. The number of thiazole rings is 1. The Balaban J connectivity index is 1.68. The number of benzene rings is 1. The van der Waals surface area contributed by atoms with Gasteiger partial charge in [-0.05, 0) is 45.9 Å². The summed E-state index contributed by atoms with van der Waals surface area (Å²) in [6, 6.07) is 5.57. The summed E-state index contributed by atoms with van der Waals surface area (Å²) in [6.07, 6.45) is -0.684. The van der Waals surface area contributed by atoms with Gasteiger partial charge in [-0.3, -0.25) is 14.5 Å². The van der Waals surface area contributed by atoms with Gasteiger partial charge in [0.25, 0.3) is 5.91 Å². The van der Waals surface area contributed by atoms with Gasteiger partial charge in [-0.15, -0.1) is 11.3 Å².